The highest BCUT2D eigenvalue weighted by Gasteiger charge is 1.93. The van der Waals surface area contributed by atoms with Crippen molar-refractivity contribution in [2.24, 2.45) is 0 Å². The molecule has 0 bridgehead atoms. The van der Waals surface area contributed by atoms with Crippen LogP contribution in [0, 0.1) is 0 Å². The number of alkyl halides is 1. The van der Waals surface area contributed by atoms with Crippen LogP contribution >= 0.6 is 11.6 Å². The molecule has 0 radical (unpaired) electrons. The summed E-state index contributed by atoms with van der Waals surface area (Å²) in [5.41, 5.74) is 1.06. The predicted molar refractivity (Wildman–Crippen MR) is 58.3 cm³/mol. The molecule has 66 valence electrons. The molecule has 0 amide bonds. The van der Waals surface area contributed by atoms with Crippen molar-refractivity contribution < 1.29 is 0 Å². The highest BCUT2D eigenvalue weighted by molar-refractivity contribution is 6.18. The first-order valence-corrected chi connectivity index (χ1v) is 4.72. The van der Waals surface area contributed by atoms with Crippen LogP contribution in [-0.2, 0) is 0 Å². The molecule has 0 spiro atoms. The average Bonchev–Trinajstić information content (AvgIpc) is 2.18. The van der Waals surface area contributed by atoms with Crippen LogP contribution in [0.2, 0.25) is 0 Å². The molecule has 0 saturated heterocycles. The van der Waals surface area contributed by atoms with E-state index < -0.39 is 0 Å². The molecule has 13 heavy (non-hydrogen) atoms. The zero-order valence-electron chi connectivity index (χ0n) is 7.13. The minimum atomic E-state index is 0.443. The Morgan fingerprint density at radius 1 is 1.00 bits per heavy atom. The fraction of sp³-hybridized carbons (Fsp3) is 0.0909. The Morgan fingerprint density at radius 2 is 1.77 bits per heavy atom. The molecular formula is C11H10ClN. The lowest BCUT2D eigenvalue weighted by Crippen LogP contribution is -1.93. The molecule has 0 unspecified atom stereocenters. The Hall–Kier alpha value is -1.21. The van der Waals surface area contributed by atoms with Gasteiger partial charge in [-0.2, -0.15) is 0 Å². The fourth-order valence-corrected chi connectivity index (χ4v) is 1.53. The summed E-state index contributed by atoms with van der Waals surface area (Å²) in [6.07, 6.45) is 0. The standard InChI is InChI=1S/C11H10ClN/c12-8-13-11-6-5-9-3-1-2-4-10(9)7-11/h1-7,13H,8H2. The quantitative estimate of drug-likeness (QED) is 0.567. The lowest BCUT2D eigenvalue weighted by molar-refractivity contribution is 1.46. The van der Waals surface area contributed by atoms with Crippen LogP contribution in [-0.4, -0.2) is 6.00 Å². The van der Waals surface area contributed by atoms with Crippen molar-refractivity contribution in [2.45, 2.75) is 0 Å². The SMILES string of the molecule is ClCNc1ccc2ccccc2c1. The van der Waals surface area contributed by atoms with E-state index in [1.165, 1.54) is 10.8 Å². The summed E-state index contributed by atoms with van der Waals surface area (Å²) in [6, 6.07) is 14.9. The number of rotatable bonds is 2. The predicted octanol–water partition coefficient (Wildman–Crippen LogP) is 3.45. The highest BCUT2D eigenvalue weighted by Crippen LogP contribution is 2.18. The van der Waals surface area contributed by atoms with Crippen molar-refractivity contribution >= 4 is 28.1 Å². The molecular weight excluding hydrogens is 182 g/mol. The lowest BCUT2D eigenvalue weighted by atomic mass is 10.1. The topological polar surface area (TPSA) is 12.0 Å². The fourth-order valence-electron chi connectivity index (χ4n) is 1.38. The summed E-state index contributed by atoms with van der Waals surface area (Å²) in [5, 5.41) is 5.55. The number of hydrogen-bond donors (Lipinski definition) is 1. The Labute approximate surface area is 82.3 Å². The van der Waals surface area contributed by atoms with Crippen molar-refractivity contribution in [1.29, 1.82) is 0 Å². The van der Waals surface area contributed by atoms with Crippen LogP contribution < -0.4 is 5.32 Å². The molecule has 0 aromatic heterocycles. The third kappa shape index (κ3) is 1.76. The van der Waals surface area contributed by atoms with Crippen LogP contribution in [0.1, 0.15) is 0 Å². The van der Waals surface area contributed by atoms with E-state index >= 15 is 0 Å². The van der Waals surface area contributed by atoms with E-state index in [-0.39, 0.29) is 0 Å². The second-order valence-corrected chi connectivity index (χ2v) is 3.14. The van der Waals surface area contributed by atoms with Crippen molar-refractivity contribution in [1.82, 2.24) is 0 Å². The maximum atomic E-state index is 5.58. The van der Waals surface area contributed by atoms with E-state index in [1.54, 1.807) is 0 Å². The summed E-state index contributed by atoms with van der Waals surface area (Å²) in [5.74, 6) is 0. The Balaban J connectivity index is 2.49. The molecule has 2 aromatic rings. The van der Waals surface area contributed by atoms with Gasteiger partial charge in [-0.3, -0.25) is 0 Å². The average molecular weight is 192 g/mol. The molecule has 0 aliphatic heterocycles. The summed E-state index contributed by atoms with van der Waals surface area (Å²) in [4.78, 5) is 0. The van der Waals surface area contributed by atoms with Crippen LogP contribution in [0.4, 0.5) is 5.69 Å². The van der Waals surface area contributed by atoms with Gasteiger partial charge in [0.2, 0.25) is 0 Å². The van der Waals surface area contributed by atoms with Crippen molar-refractivity contribution in [3.05, 3.63) is 42.5 Å². The minimum Gasteiger partial charge on any atom is -0.372 e. The number of benzene rings is 2. The monoisotopic (exact) mass is 191 g/mol. The normalized spacial score (nSPS) is 10.2. The third-order valence-corrected chi connectivity index (χ3v) is 2.15. The number of hydrogen-bond acceptors (Lipinski definition) is 1. The summed E-state index contributed by atoms with van der Waals surface area (Å²) < 4.78 is 0. The summed E-state index contributed by atoms with van der Waals surface area (Å²) in [7, 11) is 0. The maximum Gasteiger partial charge on any atom is 0.0901 e. The van der Waals surface area contributed by atoms with Gasteiger partial charge in [0, 0.05) is 5.69 Å². The number of halogens is 1. The van der Waals surface area contributed by atoms with Crippen molar-refractivity contribution in [3.8, 4) is 0 Å². The smallest absolute Gasteiger partial charge is 0.0901 e. The van der Waals surface area contributed by atoms with Gasteiger partial charge in [0.1, 0.15) is 0 Å². The maximum absolute atomic E-state index is 5.58. The molecule has 0 atom stereocenters. The number of anilines is 1. The van der Waals surface area contributed by atoms with Gasteiger partial charge in [-0.15, -0.1) is 11.6 Å². The largest absolute Gasteiger partial charge is 0.372 e. The molecule has 0 heterocycles. The van der Waals surface area contributed by atoms with Crippen LogP contribution in [0.15, 0.2) is 42.5 Å². The number of fused-ring (bicyclic) bond motifs is 1. The van der Waals surface area contributed by atoms with E-state index in [4.69, 9.17) is 11.6 Å². The van der Waals surface area contributed by atoms with E-state index in [2.05, 4.69) is 29.6 Å². The summed E-state index contributed by atoms with van der Waals surface area (Å²) in [6.45, 7) is 0. The molecule has 1 nitrogen and oxygen atoms in total. The van der Waals surface area contributed by atoms with Gasteiger partial charge >= 0.3 is 0 Å². The first-order valence-electron chi connectivity index (χ1n) is 4.19. The van der Waals surface area contributed by atoms with Gasteiger partial charge in [0.15, 0.2) is 0 Å². The molecule has 0 saturated carbocycles. The van der Waals surface area contributed by atoms with E-state index in [9.17, 15) is 0 Å². The zero-order chi connectivity index (χ0) is 9.10. The Kier molecular flexibility index (Phi) is 2.37. The Morgan fingerprint density at radius 3 is 2.54 bits per heavy atom. The van der Waals surface area contributed by atoms with Crippen LogP contribution in [0.5, 0.6) is 0 Å². The Bertz CT molecular complexity index is 412. The number of nitrogens with one attached hydrogen (secondary N) is 1. The first kappa shape index (κ1) is 8.39. The second-order valence-electron chi connectivity index (χ2n) is 2.87. The van der Waals surface area contributed by atoms with Crippen molar-refractivity contribution in [2.75, 3.05) is 11.3 Å². The van der Waals surface area contributed by atoms with E-state index in [1.807, 2.05) is 18.2 Å². The molecule has 0 aliphatic carbocycles. The molecule has 2 aromatic carbocycles. The van der Waals surface area contributed by atoms with Gasteiger partial charge in [0.05, 0.1) is 6.00 Å². The van der Waals surface area contributed by atoms with Crippen molar-refractivity contribution in [3.63, 3.8) is 0 Å². The second kappa shape index (κ2) is 3.67. The van der Waals surface area contributed by atoms with Gasteiger partial charge in [-0.05, 0) is 22.9 Å². The molecule has 2 heteroatoms. The lowest BCUT2D eigenvalue weighted by Gasteiger charge is -2.03. The van der Waals surface area contributed by atoms with Crippen LogP contribution in [0.3, 0.4) is 0 Å². The molecule has 1 N–H and O–H groups in total. The van der Waals surface area contributed by atoms with Gasteiger partial charge in [0.25, 0.3) is 0 Å². The third-order valence-electron chi connectivity index (χ3n) is 2.02. The first-order chi connectivity index (χ1) is 6.40. The minimum absolute atomic E-state index is 0.443. The molecule has 0 fully saturated rings. The highest BCUT2D eigenvalue weighted by atomic mass is 35.5. The van der Waals surface area contributed by atoms with Gasteiger partial charge in [-0.1, -0.05) is 30.3 Å². The van der Waals surface area contributed by atoms with Crippen LogP contribution in [0.25, 0.3) is 10.8 Å². The van der Waals surface area contributed by atoms with Gasteiger partial charge in [-0.25, -0.2) is 0 Å². The molecule has 0 aliphatic rings. The zero-order valence-corrected chi connectivity index (χ0v) is 7.88. The van der Waals surface area contributed by atoms with E-state index in [0.717, 1.165) is 5.69 Å². The van der Waals surface area contributed by atoms with Gasteiger partial charge < -0.3 is 5.32 Å². The van der Waals surface area contributed by atoms with E-state index in [0.29, 0.717) is 6.00 Å². The molecule has 2 rings (SSSR count). The summed E-state index contributed by atoms with van der Waals surface area (Å²) >= 11 is 5.58.